The zero-order valence-corrected chi connectivity index (χ0v) is 11.5. The maximum atomic E-state index is 13.6. The number of amides is 1. The molecule has 1 saturated heterocycles. The van der Waals surface area contributed by atoms with Crippen molar-refractivity contribution >= 4 is 27.3 Å². The second-order valence-corrected chi connectivity index (χ2v) is 6.06. The van der Waals surface area contributed by atoms with E-state index in [0.29, 0.717) is 23.3 Å². The molecule has 1 amide bonds. The van der Waals surface area contributed by atoms with Gasteiger partial charge in [0.15, 0.2) is 0 Å². The average Bonchev–Trinajstić information content (AvgIpc) is 3.04. The van der Waals surface area contributed by atoms with Gasteiger partial charge >= 0.3 is 0 Å². The van der Waals surface area contributed by atoms with Crippen LogP contribution in [0, 0.1) is 5.82 Å². The van der Waals surface area contributed by atoms with Crippen LogP contribution < -0.4 is 5.32 Å². The lowest BCUT2D eigenvalue weighted by Gasteiger charge is -2.20. The van der Waals surface area contributed by atoms with Gasteiger partial charge in [0.1, 0.15) is 11.4 Å². The summed E-state index contributed by atoms with van der Waals surface area (Å²) < 4.78 is 19.4. The predicted octanol–water partition coefficient (Wildman–Crippen LogP) is 1.92. The molecule has 106 valence electrons. The highest BCUT2D eigenvalue weighted by atomic mass is 32.1. The Kier molecular flexibility index (Phi) is 3.45. The van der Waals surface area contributed by atoms with Crippen molar-refractivity contribution in [3.8, 4) is 0 Å². The van der Waals surface area contributed by atoms with Crippen LogP contribution in [0.1, 0.15) is 16.1 Å². The normalized spacial score (nSPS) is 22.3. The summed E-state index contributed by atoms with van der Waals surface area (Å²) in [5, 5.41) is 13.2. The number of hydrogen-bond acceptors (Lipinski definition) is 4. The van der Waals surface area contributed by atoms with Gasteiger partial charge in [-0.25, -0.2) is 4.39 Å². The van der Waals surface area contributed by atoms with Crippen molar-refractivity contribution in [2.75, 3.05) is 19.8 Å². The summed E-state index contributed by atoms with van der Waals surface area (Å²) in [5.41, 5.74) is -0.988. The number of carbonyl (C=O) groups excluding carboxylic acids is 1. The third kappa shape index (κ3) is 2.54. The summed E-state index contributed by atoms with van der Waals surface area (Å²) in [5.74, 6) is -0.633. The van der Waals surface area contributed by atoms with E-state index in [1.165, 1.54) is 17.4 Å². The SMILES string of the molecule is O=C(NCC1(O)CCOC1)c1cc2c(F)cccc2s1. The molecule has 1 unspecified atom stereocenters. The highest BCUT2D eigenvalue weighted by Gasteiger charge is 2.32. The standard InChI is InChI=1S/C14H14FNO3S/c15-10-2-1-3-11-9(10)6-12(20-11)13(17)16-7-14(18)4-5-19-8-14/h1-3,6,18H,4-5,7-8H2,(H,16,17). The fourth-order valence-corrected chi connectivity index (χ4v) is 3.20. The van der Waals surface area contributed by atoms with Crippen LogP contribution >= 0.6 is 11.3 Å². The lowest BCUT2D eigenvalue weighted by Crippen LogP contribution is -2.43. The number of carbonyl (C=O) groups is 1. The van der Waals surface area contributed by atoms with Crippen LogP contribution in [0.2, 0.25) is 0 Å². The first-order valence-electron chi connectivity index (χ1n) is 6.34. The van der Waals surface area contributed by atoms with Crippen molar-refractivity contribution in [3.05, 3.63) is 35.0 Å². The van der Waals surface area contributed by atoms with Crippen molar-refractivity contribution in [1.82, 2.24) is 5.32 Å². The van der Waals surface area contributed by atoms with Gasteiger partial charge < -0.3 is 15.2 Å². The molecule has 0 saturated carbocycles. The molecule has 20 heavy (non-hydrogen) atoms. The molecule has 2 N–H and O–H groups in total. The minimum atomic E-state index is -0.988. The molecule has 0 spiro atoms. The van der Waals surface area contributed by atoms with Gasteiger partial charge in [0.2, 0.25) is 0 Å². The van der Waals surface area contributed by atoms with Gasteiger partial charge in [0.05, 0.1) is 11.5 Å². The number of aliphatic hydroxyl groups is 1. The van der Waals surface area contributed by atoms with Gasteiger partial charge in [-0.05, 0) is 18.2 Å². The molecular weight excluding hydrogens is 281 g/mol. The van der Waals surface area contributed by atoms with E-state index < -0.39 is 5.60 Å². The highest BCUT2D eigenvalue weighted by Crippen LogP contribution is 2.27. The first kappa shape index (κ1) is 13.5. The van der Waals surface area contributed by atoms with Crippen molar-refractivity contribution in [2.45, 2.75) is 12.0 Å². The van der Waals surface area contributed by atoms with E-state index in [1.807, 2.05) is 0 Å². The first-order chi connectivity index (χ1) is 9.57. The average molecular weight is 295 g/mol. The quantitative estimate of drug-likeness (QED) is 0.909. The summed E-state index contributed by atoms with van der Waals surface area (Å²) in [6, 6.07) is 6.31. The Balaban J connectivity index is 1.74. The molecule has 1 fully saturated rings. The smallest absolute Gasteiger partial charge is 0.261 e. The Morgan fingerprint density at radius 2 is 2.40 bits per heavy atom. The Labute approximate surface area is 119 Å². The second-order valence-electron chi connectivity index (χ2n) is 4.97. The number of fused-ring (bicyclic) bond motifs is 1. The minimum Gasteiger partial charge on any atom is -0.386 e. The molecule has 1 aromatic heterocycles. The number of ether oxygens (including phenoxy) is 1. The molecule has 1 aromatic carbocycles. The summed E-state index contributed by atoms with van der Waals surface area (Å²) in [6.07, 6.45) is 0.508. The van der Waals surface area contributed by atoms with Crippen molar-refractivity contribution in [2.24, 2.45) is 0 Å². The molecule has 1 aliphatic heterocycles. The van der Waals surface area contributed by atoms with Gasteiger partial charge in [-0.1, -0.05) is 6.07 Å². The predicted molar refractivity (Wildman–Crippen MR) is 74.5 cm³/mol. The van der Waals surface area contributed by atoms with E-state index in [9.17, 15) is 14.3 Å². The van der Waals surface area contributed by atoms with Crippen LogP contribution in [0.5, 0.6) is 0 Å². The molecule has 3 rings (SSSR count). The molecule has 0 radical (unpaired) electrons. The highest BCUT2D eigenvalue weighted by molar-refractivity contribution is 7.20. The lowest BCUT2D eigenvalue weighted by atomic mass is 10.0. The Hall–Kier alpha value is -1.50. The summed E-state index contributed by atoms with van der Waals surface area (Å²) >= 11 is 1.24. The molecule has 6 heteroatoms. The van der Waals surface area contributed by atoms with Crippen LogP contribution in [-0.2, 0) is 4.74 Å². The largest absolute Gasteiger partial charge is 0.386 e. The number of nitrogens with one attached hydrogen (secondary N) is 1. The van der Waals surface area contributed by atoms with E-state index in [2.05, 4.69) is 5.32 Å². The van der Waals surface area contributed by atoms with Crippen LogP contribution in [0.25, 0.3) is 10.1 Å². The first-order valence-corrected chi connectivity index (χ1v) is 7.15. The zero-order chi connectivity index (χ0) is 14.2. The number of hydrogen-bond donors (Lipinski definition) is 2. The second kappa shape index (κ2) is 5.12. The van der Waals surface area contributed by atoms with Gasteiger partial charge in [-0.2, -0.15) is 0 Å². The van der Waals surface area contributed by atoms with Crippen LogP contribution in [0.3, 0.4) is 0 Å². The van der Waals surface area contributed by atoms with Gasteiger partial charge in [0, 0.05) is 29.7 Å². The molecular formula is C14H14FNO3S. The topological polar surface area (TPSA) is 58.6 Å². The Morgan fingerprint density at radius 3 is 3.10 bits per heavy atom. The van der Waals surface area contributed by atoms with E-state index in [1.54, 1.807) is 18.2 Å². The molecule has 0 aliphatic carbocycles. The molecule has 1 atom stereocenters. The Morgan fingerprint density at radius 1 is 1.55 bits per heavy atom. The third-order valence-electron chi connectivity index (χ3n) is 3.39. The molecule has 1 aliphatic rings. The minimum absolute atomic E-state index is 0.141. The fraction of sp³-hybridized carbons (Fsp3) is 0.357. The van der Waals surface area contributed by atoms with Crippen LogP contribution in [0.15, 0.2) is 24.3 Å². The molecule has 4 nitrogen and oxygen atoms in total. The summed E-state index contributed by atoms with van der Waals surface area (Å²) in [7, 11) is 0. The zero-order valence-electron chi connectivity index (χ0n) is 10.7. The van der Waals surface area contributed by atoms with Crippen LogP contribution in [-0.4, -0.2) is 36.4 Å². The molecule has 2 aromatic rings. The van der Waals surface area contributed by atoms with Gasteiger partial charge in [-0.15, -0.1) is 11.3 Å². The van der Waals surface area contributed by atoms with E-state index >= 15 is 0 Å². The molecule has 2 heterocycles. The number of benzene rings is 1. The third-order valence-corrected chi connectivity index (χ3v) is 4.49. The fourth-order valence-electron chi connectivity index (χ4n) is 2.21. The lowest BCUT2D eigenvalue weighted by molar-refractivity contribution is 0.0265. The van der Waals surface area contributed by atoms with Crippen molar-refractivity contribution < 1.29 is 19.0 Å². The van der Waals surface area contributed by atoms with E-state index in [-0.39, 0.29) is 24.9 Å². The maximum absolute atomic E-state index is 13.6. The van der Waals surface area contributed by atoms with E-state index in [0.717, 1.165) is 4.70 Å². The summed E-state index contributed by atoms with van der Waals surface area (Å²) in [6.45, 7) is 0.872. The van der Waals surface area contributed by atoms with Crippen LogP contribution in [0.4, 0.5) is 4.39 Å². The van der Waals surface area contributed by atoms with E-state index in [4.69, 9.17) is 4.74 Å². The van der Waals surface area contributed by atoms with Crippen molar-refractivity contribution in [3.63, 3.8) is 0 Å². The monoisotopic (exact) mass is 295 g/mol. The van der Waals surface area contributed by atoms with Crippen molar-refractivity contribution in [1.29, 1.82) is 0 Å². The maximum Gasteiger partial charge on any atom is 0.261 e. The van der Waals surface area contributed by atoms with Gasteiger partial charge in [0.25, 0.3) is 5.91 Å². The molecule has 0 bridgehead atoms. The number of halogens is 1. The summed E-state index contributed by atoms with van der Waals surface area (Å²) in [4.78, 5) is 12.5. The number of thiophene rings is 1. The Bertz CT molecular complexity index is 649. The number of rotatable bonds is 3. The van der Waals surface area contributed by atoms with Gasteiger partial charge in [-0.3, -0.25) is 4.79 Å².